The van der Waals surface area contributed by atoms with Crippen LogP contribution in [0, 0.1) is 17.0 Å². The van der Waals surface area contributed by atoms with Crippen molar-refractivity contribution in [1.29, 1.82) is 0 Å². The van der Waals surface area contributed by atoms with Crippen molar-refractivity contribution in [2.45, 2.75) is 43.9 Å². The van der Waals surface area contributed by atoms with Gasteiger partial charge in [0.05, 0.1) is 15.6 Å². The Balaban J connectivity index is 2.28. The first-order valence-electron chi connectivity index (χ1n) is 8.35. The first kappa shape index (κ1) is 21.4. The lowest BCUT2D eigenvalue weighted by atomic mass is 10.2. The molecule has 0 amide bonds. The van der Waals surface area contributed by atoms with E-state index in [0.29, 0.717) is 0 Å². The lowest BCUT2D eigenvalue weighted by molar-refractivity contribution is -0.385. The zero-order valence-corrected chi connectivity index (χ0v) is 16.8. The maximum atomic E-state index is 12.5. The summed E-state index contributed by atoms with van der Waals surface area (Å²) in [6, 6.07) is 9.93. The summed E-state index contributed by atoms with van der Waals surface area (Å²) >= 11 is 0. The number of carbonyl (C=O) groups excluding carboxylic acids is 1. The molecule has 2 rings (SSSR count). The summed E-state index contributed by atoms with van der Waals surface area (Å²) in [6.45, 7) is 6.72. The highest BCUT2D eigenvalue weighted by molar-refractivity contribution is 7.90. The second-order valence-corrected chi connectivity index (χ2v) is 9.19. The molecule has 150 valence electrons. The van der Waals surface area contributed by atoms with E-state index in [2.05, 4.69) is 0 Å². The van der Waals surface area contributed by atoms with Gasteiger partial charge in [-0.05, 0) is 51.5 Å². The van der Waals surface area contributed by atoms with Gasteiger partial charge in [0.15, 0.2) is 9.84 Å². The maximum Gasteiger partial charge on any atom is 0.514 e. The number of carbonyl (C=O) groups is 1. The zero-order chi connectivity index (χ0) is 21.1. The highest BCUT2D eigenvalue weighted by Crippen LogP contribution is 2.30. The van der Waals surface area contributed by atoms with Crippen molar-refractivity contribution in [2.75, 3.05) is 0 Å². The smallest absolute Gasteiger partial charge is 0.428 e. The number of hydrogen-bond acceptors (Lipinski definition) is 7. The quantitative estimate of drug-likeness (QED) is 0.316. The Morgan fingerprint density at radius 2 is 1.71 bits per heavy atom. The van der Waals surface area contributed by atoms with Crippen molar-refractivity contribution in [3.8, 4) is 5.75 Å². The van der Waals surface area contributed by atoms with E-state index in [-0.39, 0.29) is 16.2 Å². The van der Waals surface area contributed by atoms with Gasteiger partial charge in [-0.25, -0.2) is 13.2 Å². The number of rotatable bonds is 5. The number of nitro benzene ring substituents is 1. The number of aryl methyl sites for hydroxylation is 1. The van der Waals surface area contributed by atoms with Crippen molar-refractivity contribution < 1.29 is 27.6 Å². The normalized spacial score (nSPS) is 11.7. The van der Waals surface area contributed by atoms with E-state index in [1.807, 2.05) is 6.92 Å². The number of benzene rings is 2. The number of nitrogens with zero attached hydrogens (tertiary/aromatic N) is 1. The second-order valence-electron chi connectivity index (χ2n) is 7.20. The Morgan fingerprint density at radius 1 is 1.11 bits per heavy atom. The molecule has 0 bridgehead atoms. The molecule has 28 heavy (non-hydrogen) atoms. The predicted octanol–water partition coefficient (Wildman–Crippen LogP) is 4.19. The van der Waals surface area contributed by atoms with Gasteiger partial charge in [0, 0.05) is 6.07 Å². The van der Waals surface area contributed by atoms with Gasteiger partial charge in [-0.3, -0.25) is 10.1 Å². The van der Waals surface area contributed by atoms with Crippen LogP contribution in [-0.4, -0.2) is 25.1 Å². The lowest BCUT2D eigenvalue weighted by Gasteiger charge is -2.18. The molecule has 0 aliphatic rings. The van der Waals surface area contributed by atoms with Crippen molar-refractivity contribution >= 4 is 21.7 Å². The van der Waals surface area contributed by atoms with Gasteiger partial charge >= 0.3 is 11.8 Å². The van der Waals surface area contributed by atoms with Crippen LogP contribution < -0.4 is 4.74 Å². The zero-order valence-electron chi connectivity index (χ0n) is 16.0. The minimum absolute atomic E-state index is 0.120. The molecule has 0 spiro atoms. The third kappa shape index (κ3) is 5.78. The number of sulfone groups is 1. The van der Waals surface area contributed by atoms with Crippen LogP contribution >= 0.6 is 0 Å². The van der Waals surface area contributed by atoms with E-state index in [9.17, 15) is 23.3 Å². The first-order valence-corrected chi connectivity index (χ1v) is 10.0. The van der Waals surface area contributed by atoms with Crippen LogP contribution in [0.25, 0.3) is 0 Å². The van der Waals surface area contributed by atoms with Crippen LogP contribution in [0.4, 0.5) is 10.5 Å². The minimum atomic E-state index is -3.69. The predicted molar refractivity (Wildman–Crippen MR) is 102 cm³/mol. The fourth-order valence-electron chi connectivity index (χ4n) is 2.29. The van der Waals surface area contributed by atoms with Crippen LogP contribution in [0.3, 0.4) is 0 Å². The number of hydrogen-bond donors (Lipinski definition) is 0. The van der Waals surface area contributed by atoms with E-state index in [1.54, 1.807) is 32.9 Å². The summed E-state index contributed by atoms with van der Waals surface area (Å²) in [5, 5.41) is 11.3. The lowest BCUT2D eigenvalue weighted by Crippen LogP contribution is -2.26. The molecule has 0 fully saturated rings. The molecule has 0 saturated carbocycles. The molecule has 2 aromatic carbocycles. The summed E-state index contributed by atoms with van der Waals surface area (Å²) in [4.78, 5) is 22.5. The molecule has 0 atom stereocenters. The molecule has 0 N–H and O–H groups in total. The van der Waals surface area contributed by atoms with Gasteiger partial charge in [-0.15, -0.1) is 0 Å². The Hall–Kier alpha value is -2.94. The Labute approximate surface area is 163 Å². The van der Waals surface area contributed by atoms with Crippen LogP contribution in [0.2, 0.25) is 0 Å². The molecule has 0 aliphatic heterocycles. The average molecular weight is 407 g/mol. The molecule has 0 aromatic heterocycles. The molecular formula is C19H21NO7S. The van der Waals surface area contributed by atoms with E-state index >= 15 is 0 Å². The summed E-state index contributed by atoms with van der Waals surface area (Å²) in [5.41, 5.74) is -0.238. The van der Waals surface area contributed by atoms with Gasteiger partial charge in [0.2, 0.25) is 5.75 Å². The fraction of sp³-hybridized carbons (Fsp3) is 0.316. The second kappa shape index (κ2) is 7.97. The molecule has 0 heterocycles. The molecule has 8 nitrogen and oxygen atoms in total. The number of ether oxygens (including phenoxy) is 2. The van der Waals surface area contributed by atoms with E-state index in [1.165, 1.54) is 24.3 Å². The van der Waals surface area contributed by atoms with E-state index in [4.69, 9.17) is 9.47 Å². The molecular weight excluding hydrogens is 386 g/mol. The minimum Gasteiger partial charge on any atom is -0.428 e. The fourth-order valence-corrected chi connectivity index (χ4v) is 3.63. The monoisotopic (exact) mass is 407 g/mol. The van der Waals surface area contributed by atoms with Crippen molar-refractivity contribution in [3.63, 3.8) is 0 Å². The van der Waals surface area contributed by atoms with Crippen LogP contribution in [-0.2, 0) is 20.3 Å². The summed E-state index contributed by atoms with van der Waals surface area (Å²) in [5.74, 6) is -0.750. The Bertz CT molecular complexity index is 990. The summed E-state index contributed by atoms with van der Waals surface area (Å²) in [6.07, 6.45) is -1.09. The largest absolute Gasteiger partial charge is 0.514 e. The van der Waals surface area contributed by atoms with Crippen LogP contribution in [0.5, 0.6) is 5.75 Å². The van der Waals surface area contributed by atoms with Crippen LogP contribution in [0.1, 0.15) is 31.9 Å². The molecule has 0 aliphatic carbocycles. The van der Waals surface area contributed by atoms with Gasteiger partial charge < -0.3 is 9.47 Å². The number of nitro groups is 1. The molecule has 2 aromatic rings. The maximum absolute atomic E-state index is 12.5. The Kier molecular flexibility index (Phi) is 6.08. The van der Waals surface area contributed by atoms with Crippen LogP contribution in [0.15, 0.2) is 47.4 Å². The highest BCUT2D eigenvalue weighted by atomic mass is 32.2. The van der Waals surface area contributed by atoms with Gasteiger partial charge in [-0.2, -0.15) is 0 Å². The van der Waals surface area contributed by atoms with Crippen molar-refractivity contribution in [1.82, 2.24) is 0 Å². The summed E-state index contributed by atoms with van der Waals surface area (Å²) < 4.78 is 35.0. The Morgan fingerprint density at radius 3 is 2.25 bits per heavy atom. The summed E-state index contributed by atoms with van der Waals surface area (Å²) in [7, 11) is -3.69. The van der Waals surface area contributed by atoms with Gasteiger partial charge in [0.25, 0.3) is 0 Å². The third-order valence-electron chi connectivity index (χ3n) is 3.54. The van der Waals surface area contributed by atoms with E-state index in [0.717, 1.165) is 11.6 Å². The third-order valence-corrected chi connectivity index (χ3v) is 5.24. The first-order chi connectivity index (χ1) is 12.9. The van der Waals surface area contributed by atoms with E-state index < -0.39 is 38.0 Å². The molecule has 0 unspecified atom stereocenters. The van der Waals surface area contributed by atoms with Crippen molar-refractivity contribution in [3.05, 3.63) is 63.7 Å². The molecule has 0 radical (unpaired) electrons. The van der Waals surface area contributed by atoms with Gasteiger partial charge in [0.1, 0.15) is 5.60 Å². The highest BCUT2D eigenvalue weighted by Gasteiger charge is 2.24. The SMILES string of the molecule is Cc1ccc(S(=O)(=O)Cc2ccc(OC(=O)OC(C)(C)C)c([N+](=O)[O-])c2)cc1. The molecule has 0 saturated heterocycles. The standard InChI is InChI=1S/C19H21NO7S/c1-13-5-8-15(9-6-13)28(24,25)12-14-7-10-17(16(11-14)20(22)23)26-18(21)27-19(2,3)4/h5-11H,12H2,1-4H3. The topological polar surface area (TPSA) is 113 Å². The molecule has 9 heteroatoms. The van der Waals surface area contributed by atoms with Gasteiger partial charge in [-0.1, -0.05) is 23.8 Å². The average Bonchev–Trinajstić information content (AvgIpc) is 2.54. The van der Waals surface area contributed by atoms with Crippen molar-refractivity contribution in [2.24, 2.45) is 0 Å².